The summed E-state index contributed by atoms with van der Waals surface area (Å²) in [5.41, 5.74) is 5.26. The molecule has 0 saturated carbocycles. The van der Waals surface area contributed by atoms with Gasteiger partial charge in [-0.1, -0.05) is 13.3 Å². The van der Waals surface area contributed by atoms with E-state index >= 15 is 0 Å². The zero-order chi connectivity index (χ0) is 11.4. The maximum atomic E-state index is 10.9. The quantitative estimate of drug-likeness (QED) is 0.736. The van der Waals surface area contributed by atoms with Gasteiger partial charge in [-0.15, -0.1) is 0 Å². The van der Waals surface area contributed by atoms with Crippen LogP contribution < -0.4 is 5.73 Å². The molecule has 0 aliphatic heterocycles. The Balaban J connectivity index is 2.91. The van der Waals surface area contributed by atoms with Crippen LogP contribution in [0.15, 0.2) is 12.4 Å². The highest BCUT2D eigenvalue weighted by molar-refractivity contribution is 5.92. The molecule has 0 saturated heterocycles. The highest BCUT2D eigenvalue weighted by atomic mass is 16.4. The van der Waals surface area contributed by atoms with E-state index in [1.54, 1.807) is 0 Å². The van der Waals surface area contributed by atoms with Crippen molar-refractivity contribution in [2.45, 2.75) is 25.8 Å². The Morgan fingerprint density at radius 3 is 2.73 bits per heavy atom. The molecule has 1 atom stereocenters. The lowest BCUT2D eigenvalue weighted by Crippen LogP contribution is -2.19. The number of hydrogen-bond acceptors (Lipinski definition) is 3. The van der Waals surface area contributed by atoms with E-state index in [0.29, 0.717) is 6.42 Å². The number of nitrogens with two attached hydrogens (primary N) is 1. The van der Waals surface area contributed by atoms with E-state index in [-0.39, 0.29) is 5.56 Å². The average molecular weight is 211 g/mol. The Labute approximate surface area is 86.7 Å². The van der Waals surface area contributed by atoms with Gasteiger partial charge >= 0.3 is 5.97 Å². The fraction of sp³-hybridized carbons (Fsp3) is 0.444. The molecule has 3 N–H and O–H groups in total. The summed E-state index contributed by atoms with van der Waals surface area (Å²) in [6, 6.07) is -0.733. The number of primary amides is 1. The lowest BCUT2D eigenvalue weighted by atomic mass is 10.2. The van der Waals surface area contributed by atoms with E-state index in [2.05, 4.69) is 5.10 Å². The van der Waals surface area contributed by atoms with Crippen molar-refractivity contribution < 1.29 is 14.7 Å². The van der Waals surface area contributed by atoms with E-state index in [1.165, 1.54) is 17.1 Å². The van der Waals surface area contributed by atoms with Crippen molar-refractivity contribution in [3.63, 3.8) is 0 Å². The Kier molecular flexibility index (Phi) is 3.43. The number of carboxylic acids is 1. The Morgan fingerprint density at radius 2 is 2.33 bits per heavy atom. The third-order valence-electron chi connectivity index (χ3n) is 2.05. The summed E-state index contributed by atoms with van der Waals surface area (Å²) < 4.78 is 1.26. The fourth-order valence-corrected chi connectivity index (χ4v) is 1.28. The normalized spacial score (nSPS) is 12.3. The molecule has 0 radical (unpaired) electrons. The van der Waals surface area contributed by atoms with Crippen LogP contribution in [0, 0.1) is 0 Å². The maximum Gasteiger partial charge on any atom is 0.328 e. The summed E-state index contributed by atoms with van der Waals surface area (Å²) in [7, 11) is 0. The second-order valence-corrected chi connectivity index (χ2v) is 3.22. The number of rotatable bonds is 5. The van der Waals surface area contributed by atoms with Crippen molar-refractivity contribution in [2.24, 2.45) is 5.73 Å². The smallest absolute Gasteiger partial charge is 0.328 e. The number of carboxylic acid groups (broad SMARTS) is 1. The monoisotopic (exact) mass is 211 g/mol. The van der Waals surface area contributed by atoms with Gasteiger partial charge in [0.2, 0.25) is 0 Å². The largest absolute Gasteiger partial charge is 0.480 e. The summed E-state index contributed by atoms with van der Waals surface area (Å²) >= 11 is 0. The number of carbonyl (C=O) groups excluding carboxylic acids is 1. The zero-order valence-corrected chi connectivity index (χ0v) is 8.38. The predicted molar refractivity (Wildman–Crippen MR) is 52.3 cm³/mol. The summed E-state index contributed by atoms with van der Waals surface area (Å²) in [5.74, 6) is -1.57. The van der Waals surface area contributed by atoms with Gasteiger partial charge in [-0.3, -0.25) is 9.48 Å². The molecule has 0 aliphatic rings. The topological polar surface area (TPSA) is 98.2 Å². The van der Waals surface area contributed by atoms with Crippen molar-refractivity contribution in [1.82, 2.24) is 9.78 Å². The molecule has 1 unspecified atom stereocenters. The Hall–Kier alpha value is -1.85. The number of aromatic nitrogens is 2. The minimum atomic E-state index is -0.962. The summed E-state index contributed by atoms with van der Waals surface area (Å²) in [6.07, 6.45) is 3.82. The van der Waals surface area contributed by atoms with Gasteiger partial charge in [0, 0.05) is 6.20 Å². The van der Waals surface area contributed by atoms with Crippen LogP contribution in [0.1, 0.15) is 36.2 Å². The molecule has 0 aromatic carbocycles. The van der Waals surface area contributed by atoms with E-state index in [4.69, 9.17) is 10.8 Å². The van der Waals surface area contributed by atoms with Crippen LogP contribution >= 0.6 is 0 Å². The van der Waals surface area contributed by atoms with Gasteiger partial charge in [-0.05, 0) is 6.42 Å². The molecular weight excluding hydrogens is 198 g/mol. The molecule has 6 nitrogen and oxygen atoms in total. The van der Waals surface area contributed by atoms with Crippen LogP contribution in [0.5, 0.6) is 0 Å². The first-order chi connectivity index (χ1) is 7.06. The van der Waals surface area contributed by atoms with Crippen LogP contribution in [0.2, 0.25) is 0 Å². The van der Waals surface area contributed by atoms with Gasteiger partial charge < -0.3 is 10.8 Å². The summed E-state index contributed by atoms with van der Waals surface area (Å²) in [5, 5.41) is 12.7. The predicted octanol–water partition coefficient (Wildman–Crippen LogP) is 0.408. The van der Waals surface area contributed by atoms with Crippen molar-refractivity contribution in [2.75, 3.05) is 0 Å². The van der Waals surface area contributed by atoms with Crippen LogP contribution in [0.25, 0.3) is 0 Å². The van der Waals surface area contributed by atoms with E-state index < -0.39 is 17.9 Å². The van der Waals surface area contributed by atoms with Crippen LogP contribution in [-0.4, -0.2) is 26.8 Å². The van der Waals surface area contributed by atoms with Crippen molar-refractivity contribution in [3.05, 3.63) is 18.0 Å². The van der Waals surface area contributed by atoms with Gasteiger partial charge in [0.1, 0.15) is 6.04 Å². The molecule has 0 aliphatic carbocycles. The molecular formula is C9H13N3O3. The molecule has 0 fully saturated rings. The van der Waals surface area contributed by atoms with Crippen LogP contribution in [0.4, 0.5) is 0 Å². The van der Waals surface area contributed by atoms with E-state index in [9.17, 15) is 9.59 Å². The number of amides is 1. The first-order valence-corrected chi connectivity index (χ1v) is 4.63. The molecule has 1 aromatic heterocycles. The molecule has 82 valence electrons. The lowest BCUT2D eigenvalue weighted by molar-refractivity contribution is -0.141. The summed E-state index contributed by atoms with van der Waals surface area (Å²) in [6.45, 7) is 1.88. The molecule has 1 aromatic rings. The molecule has 1 rings (SSSR count). The second kappa shape index (κ2) is 4.59. The fourth-order valence-electron chi connectivity index (χ4n) is 1.28. The van der Waals surface area contributed by atoms with Gasteiger partial charge in [-0.25, -0.2) is 4.79 Å². The van der Waals surface area contributed by atoms with Gasteiger partial charge in [0.25, 0.3) is 5.91 Å². The van der Waals surface area contributed by atoms with E-state index in [0.717, 1.165) is 6.42 Å². The molecule has 0 spiro atoms. The first-order valence-electron chi connectivity index (χ1n) is 4.63. The molecule has 6 heteroatoms. The number of carbonyl (C=O) groups is 2. The van der Waals surface area contributed by atoms with Gasteiger partial charge in [-0.2, -0.15) is 5.10 Å². The van der Waals surface area contributed by atoms with Crippen LogP contribution in [0.3, 0.4) is 0 Å². The first kappa shape index (κ1) is 11.2. The number of nitrogens with zero attached hydrogens (tertiary/aromatic N) is 2. The highest BCUT2D eigenvalue weighted by Gasteiger charge is 2.19. The highest BCUT2D eigenvalue weighted by Crippen LogP contribution is 2.13. The number of hydrogen-bond donors (Lipinski definition) is 2. The minimum absolute atomic E-state index is 0.220. The lowest BCUT2D eigenvalue weighted by Gasteiger charge is -2.10. The van der Waals surface area contributed by atoms with Crippen molar-refractivity contribution in [1.29, 1.82) is 0 Å². The summed E-state index contributed by atoms with van der Waals surface area (Å²) in [4.78, 5) is 21.7. The van der Waals surface area contributed by atoms with Gasteiger partial charge in [0.05, 0.1) is 11.8 Å². The molecule has 15 heavy (non-hydrogen) atoms. The van der Waals surface area contributed by atoms with Crippen molar-refractivity contribution in [3.8, 4) is 0 Å². The van der Waals surface area contributed by atoms with Crippen molar-refractivity contribution >= 4 is 11.9 Å². The average Bonchev–Trinajstić information content (AvgIpc) is 2.62. The number of aliphatic carboxylic acids is 1. The SMILES string of the molecule is CCCC(C(=O)O)n1cc(C(N)=O)cn1. The Bertz CT molecular complexity index is 372. The molecule has 1 amide bonds. The maximum absolute atomic E-state index is 10.9. The van der Waals surface area contributed by atoms with E-state index in [1.807, 2.05) is 6.92 Å². The van der Waals surface area contributed by atoms with Gasteiger partial charge in [0.15, 0.2) is 0 Å². The third-order valence-corrected chi connectivity index (χ3v) is 2.05. The van der Waals surface area contributed by atoms with Crippen LogP contribution in [-0.2, 0) is 4.79 Å². The second-order valence-electron chi connectivity index (χ2n) is 3.22. The third kappa shape index (κ3) is 2.55. The zero-order valence-electron chi connectivity index (χ0n) is 8.38. The standard InChI is InChI=1S/C9H13N3O3/c1-2-3-7(9(14)15)12-5-6(4-11-12)8(10)13/h4-5,7H,2-3H2,1H3,(H2,10,13)(H,14,15). The minimum Gasteiger partial charge on any atom is -0.480 e. The molecule has 1 heterocycles. The molecule has 0 bridgehead atoms. The Morgan fingerprint density at radius 1 is 1.67 bits per heavy atom.